The third-order valence-corrected chi connectivity index (χ3v) is 5.89. The number of benzene rings is 1. The summed E-state index contributed by atoms with van der Waals surface area (Å²) in [5.41, 5.74) is 1.73. The molecule has 6 heteroatoms. The molecule has 158 valence electrons. The average Bonchev–Trinajstić information content (AvgIpc) is 2.79. The Bertz CT molecular complexity index is 944. The normalized spacial score (nSPS) is 17.6. The van der Waals surface area contributed by atoms with Crippen LogP contribution in [0, 0.1) is 0 Å². The van der Waals surface area contributed by atoms with Crippen LogP contribution in [0.4, 0.5) is 0 Å². The van der Waals surface area contributed by atoms with Gasteiger partial charge in [0.1, 0.15) is 11.5 Å². The molecule has 30 heavy (non-hydrogen) atoms. The van der Waals surface area contributed by atoms with Crippen LogP contribution in [0.5, 0.6) is 0 Å². The lowest BCUT2D eigenvalue weighted by molar-refractivity contribution is 0.0947. The molecule has 0 saturated carbocycles. The number of rotatable bonds is 7. The van der Waals surface area contributed by atoms with E-state index in [1.165, 1.54) is 11.5 Å². The van der Waals surface area contributed by atoms with Gasteiger partial charge in [0.25, 0.3) is 5.91 Å². The summed E-state index contributed by atoms with van der Waals surface area (Å²) in [5.74, 6) is 1.08. The number of aliphatic imine (C=N–C) groups is 1. The van der Waals surface area contributed by atoms with Crippen molar-refractivity contribution in [2.45, 2.75) is 32.6 Å². The zero-order valence-electron chi connectivity index (χ0n) is 17.8. The van der Waals surface area contributed by atoms with Gasteiger partial charge in [0, 0.05) is 50.0 Å². The molecule has 2 aliphatic heterocycles. The fourth-order valence-electron chi connectivity index (χ4n) is 4.07. The smallest absolute Gasteiger partial charge is 0.269 e. The van der Waals surface area contributed by atoms with Gasteiger partial charge in [0.05, 0.1) is 0 Å². The Kier molecular flexibility index (Phi) is 6.74. The number of fused-ring (bicyclic) bond motifs is 1. The molecule has 0 unspecified atom stereocenters. The van der Waals surface area contributed by atoms with Crippen LogP contribution in [-0.4, -0.2) is 65.7 Å². The highest BCUT2D eigenvalue weighted by Crippen LogP contribution is 2.17. The molecule has 4 rings (SSSR count). The summed E-state index contributed by atoms with van der Waals surface area (Å²) in [5, 5.41) is 5.10. The van der Waals surface area contributed by atoms with Crippen molar-refractivity contribution in [3.05, 3.63) is 54.1 Å². The summed E-state index contributed by atoms with van der Waals surface area (Å²) in [6, 6.07) is 9.82. The van der Waals surface area contributed by atoms with E-state index in [9.17, 15) is 4.79 Å². The molecule has 2 aliphatic rings. The van der Waals surface area contributed by atoms with Crippen LogP contribution in [0.1, 0.15) is 43.1 Å². The van der Waals surface area contributed by atoms with Gasteiger partial charge in [-0.15, -0.1) is 0 Å². The van der Waals surface area contributed by atoms with E-state index in [0.29, 0.717) is 12.2 Å². The van der Waals surface area contributed by atoms with Gasteiger partial charge in [-0.25, -0.2) is 4.99 Å². The molecule has 0 bridgehead atoms. The minimum Gasteiger partial charge on any atom is -0.354 e. The maximum Gasteiger partial charge on any atom is 0.269 e. The number of nitrogens with one attached hydrogen (secondary N) is 1. The number of hydrogen-bond acceptors (Lipinski definition) is 5. The first-order valence-corrected chi connectivity index (χ1v) is 11.0. The fourth-order valence-corrected chi connectivity index (χ4v) is 4.07. The quantitative estimate of drug-likeness (QED) is 0.717. The fraction of sp³-hybridized carbons (Fsp3) is 0.458. The van der Waals surface area contributed by atoms with Crippen LogP contribution in [0.2, 0.25) is 0 Å². The van der Waals surface area contributed by atoms with E-state index < -0.39 is 0 Å². The van der Waals surface area contributed by atoms with E-state index in [4.69, 9.17) is 4.99 Å². The Hall–Kier alpha value is -2.73. The number of hydrogen-bond donors (Lipinski definition) is 1. The Labute approximate surface area is 178 Å². The third kappa shape index (κ3) is 5.25. The van der Waals surface area contributed by atoms with Gasteiger partial charge in [-0.2, -0.15) is 0 Å². The van der Waals surface area contributed by atoms with Crippen LogP contribution in [0.3, 0.4) is 0 Å². The molecule has 1 N–H and O–H groups in total. The van der Waals surface area contributed by atoms with Crippen LogP contribution in [-0.2, 0) is 0 Å². The van der Waals surface area contributed by atoms with Crippen molar-refractivity contribution >= 4 is 22.4 Å². The molecule has 0 atom stereocenters. The second kappa shape index (κ2) is 9.85. The molecule has 1 fully saturated rings. The summed E-state index contributed by atoms with van der Waals surface area (Å²) in [4.78, 5) is 26.3. The number of aromatic nitrogens is 1. The summed E-state index contributed by atoms with van der Waals surface area (Å²) in [6.07, 6.45) is 8.32. The molecule has 0 aliphatic carbocycles. The highest BCUT2D eigenvalue weighted by Gasteiger charge is 2.19. The van der Waals surface area contributed by atoms with Gasteiger partial charge in [0.15, 0.2) is 0 Å². The molecule has 0 spiro atoms. The Morgan fingerprint density at radius 3 is 2.70 bits per heavy atom. The standard InChI is InChI=1S/C24H31N5O/c1-19-7-6-10-23(27-19)29-15-13-28(14-16-29)12-5-4-11-25-24(30)22-17-20-8-2-3-9-21(20)18-26-22/h2-3,8-10,17-18H,4-7,11-16H2,1H3,(H,25,30). The SMILES string of the molecule is CC1=NC(N2CCN(CCCCNC(=O)c3cc4ccccc4cn3)CC2)=CCC1. The van der Waals surface area contributed by atoms with Gasteiger partial charge >= 0.3 is 0 Å². The maximum atomic E-state index is 12.4. The molecule has 1 saturated heterocycles. The number of nitrogens with zero attached hydrogens (tertiary/aromatic N) is 4. The van der Waals surface area contributed by atoms with Gasteiger partial charge in [-0.1, -0.05) is 24.3 Å². The second-order valence-corrected chi connectivity index (χ2v) is 8.16. The summed E-state index contributed by atoms with van der Waals surface area (Å²) in [6.45, 7) is 8.16. The topological polar surface area (TPSA) is 60.8 Å². The predicted octanol–water partition coefficient (Wildman–Crippen LogP) is 3.46. The molecule has 2 aromatic rings. The monoisotopic (exact) mass is 405 g/mol. The lowest BCUT2D eigenvalue weighted by atomic mass is 10.1. The average molecular weight is 406 g/mol. The van der Waals surface area contributed by atoms with E-state index in [-0.39, 0.29) is 5.91 Å². The Morgan fingerprint density at radius 1 is 1.10 bits per heavy atom. The summed E-state index contributed by atoms with van der Waals surface area (Å²) in [7, 11) is 0. The molecule has 0 radical (unpaired) electrons. The molecular weight excluding hydrogens is 374 g/mol. The largest absolute Gasteiger partial charge is 0.354 e. The van der Waals surface area contributed by atoms with Gasteiger partial charge in [0.2, 0.25) is 0 Å². The number of allylic oxidation sites excluding steroid dienone is 1. The van der Waals surface area contributed by atoms with Crippen molar-refractivity contribution in [1.29, 1.82) is 0 Å². The van der Waals surface area contributed by atoms with E-state index in [2.05, 4.69) is 33.1 Å². The number of pyridine rings is 1. The third-order valence-electron chi connectivity index (χ3n) is 5.89. The van der Waals surface area contributed by atoms with Crippen LogP contribution in [0.15, 0.2) is 53.4 Å². The van der Waals surface area contributed by atoms with Crippen molar-refractivity contribution in [3.8, 4) is 0 Å². The Morgan fingerprint density at radius 2 is 1.90 bits per heavy atom. The van der Waals surface area contributed by atoms with Crippen molar-refractivity contribution in [2.24, 2.45) is 4.99 Å². The van der Waals surface area contributed by atoms with E-state index in [1.54, 1.807) is 6.20 Å². The minimum atomic E-state index is -0.0917. The molecule has 1 aromatic heterocycles. The molecular formula is C24H31N5O. The maximum absolute atomic E-state index is 12.4. The number of piperazine rings is 1. The first-order valence-electron chi connectivity index (χ1n) is 11.0. The van der Waals surface area contributed by atoms with Crippen LogP contribution >= 0.6 is 0 Å². The second-order valence-electron chi connectivity index (χ2n) is 8.16. The summed E-state index contributed by atoms with van der Waals surface area (Å²) < 4.78 is 0. The predicted molar refractivity (Wildman–Crippen MR) is 122 cm³/mol. The molecule has 1 aromatic carbocycles. The zero-order valence-corrected chi connectivity index (χ0v) is 17.8. The van der Waals surface area contributed by atoms with Crippen LogP contribution in [0.25, 0.3) is 10.8 Å². The highest BCUT2D eigenvalue weighted by atomic mass is 16.1. The number of carbonyl (C=O) groups is 1. The lowest BCUT2D eigenvalue weighted by Gasteiger charge is -2.36. The minimum absolute atomic E-state index is 0.0917. The van der Waals surface area contributed by atoms with Crippen molar-refractivity contribution in [1.82, 2.24) is 20.1 Å². The molecule has 6 nitrogen and oxygen atoms in total. The summed E-state index contributed by atoms with van der Waals surface area (Å²) >= 11 is 0. The highest BCUT2D eigenvalue weighted by molar-refractivity contribution is 5.96. The zero-order chi connectivity index (χ0) is 20.8. The van der Waals surface area contributed by atoms with Crippen molar-refractivity contribution < 1.29 is 4.79 Å². The van der Waals surface area contributed by atoms with E-state index in [1.807, 2.05) is 30.3 Å². The first kappa shape index (κ1) is 20.5. The Balaban J connectivity index is 1.14. The molecule has 1 amide bonds. The van der Waals surface area contributed by atoms with Crippen molar-refractivity contribution in [2.75, 3.05) is 39.3 Å². The van der Waals surface area contributed by atoms with Crippen LogP contribution < -0.4 is 5.32 Å². The van der Waals surface area contributed by atoms with Gasteiger partial charge < -0.3 is 10.2 Å². The van der Waals surface area contributed by atoms with Gasteiger partial charge in [-0.3, -0.25) is 14.7 Å². The molecule has 3 heterocycles. The lowest BCUT2D eigenvalue weighted by Crippen LogP contribution is -2.46. The first-order chi connectivity index (χ1) is 14.7. The van der Waals surface area contributed by atoms with E-state index in [0.717, 1.165) is 69.2 Å². The number of carbonyl (C=O) groups excluding carboxylic acids is 1. The number of amides is 1. The number of unbranched alkanes of at least 4 members (excludes halogenated alkanes) is 1. The van der Waals surface area contributed by atoms with Gasteiger partial charge in [-0.05, 0) is 56.7 Å². The van der Waals surface area contributed by atoms with Crippen molar-refractivity contribution in [3.63, 3.8) is 0 Å². The van der Waals surface area contributed by atoms with E-state index >= 15 is 0 Å².